The molecule has 3 aromatic heterocycles. The van der Waals surface area contributed by atoms with E-state index in [1.54, 1.807) is 49.6 Å². The molecule has 0 saturated carbocycles. The van der Waals surface area contributed by atoms with Crippen LogP contribution in [0.5, 0.6) is 0 Å². The minimum absolute atomic E-state index is 0.0118. The van der Waals surface area contributed by atoms with Gasteiger partial charge in [0, 0.05) is 6.20 Å². The smallest absolute Gasteiger partial charge is 0.413 e. The van der Waals surface area contributed by atoms with Crippen LogP contribution in [0.1, 0.15) is 20.8 Å². The number of carbonyl (C=O) groups excluding carboxylic acids is 1. The van der Waals surface area contributed by atoms with Crippen LogP contribution in [0.3, 0.4) is 0 Å². The highest BCUT2D eigenvalue weighted by molar-refractivity contribution is 5.84. The summed E-state index contributed by atoms with van der Waals surface area (Å²) < 4.78 is 21.0. The first kappa shape index (κ1) is 15.9. The fourth-order valence-electron chi connectivity index (χ4n) is 2.08. The van der Waals surface area contributed by atoms with Gasteiger partial charge in [-0.25, -0.2) is 14.2 Å². The van der Waals surface area contributed by atoms with E-state index in [4.69, 9.17) is 4.74 Å². The number of halogens is 1. The number of nitrogens with one attached hydrogen (secondary N) is 1. The number of nitrogens with zero attached hydrogens (tertiary/aromatic N) is 4. The van der Waals surface area contributed by atoms with Crippen molar-refractivity contribution in [2.75, 3.05) is 5.32 Å². The van der Waals surface area contributed by atoms with Gasteiger partial charge in [0.05, 0.1) is 0 Å². The minimum Gasteiger partial charge on any atom is -0.444 e. The standard InChI is InChI=1S/C16H16FN5O2/c1-16(2,3)24-15(23)19-11-8-7-10(17)13(18-11)14-21-20-12-6-4-5-9-22(12)14/h4-9H,1-3H3,(H,18,19,23). The first-order chi connectivity index (χ1) is 11.3. The summed E-state index contributed by atoms with van der Waals surface area (Å²) in [5, 5.41) is 10.4. The summed E-state index contributed by atoms with van der Waals surface area (Å²) in [5.41, 5.74) is -0.0858. The number of rotatable bonds is 2. The number of fused-ring (bicyclic) bond motifs is 1. The lowest BCUT2D eigenvalue weighted by atomic mass is 10.2. The van der Waals surface area contributed by atoms with Crippen LogP contribution in [0.15, 0.2) is 36.5 Å². The number of aromatic nitrogens is 4. The van der Waals surface area contributed by atoms with E-state index in [-0.39, 0.29) is 17.3 Å². The summed E-state index contributed by atoms with van der Waals surface area (Å²) in [6, 6.07) is 7.89. The van der Waals surface area contributed by atoms with Gasteiger partial charge < -0.3 is 4.74 Å². The average molecular weight is 329 g/mol. The van der Waals surface area contributed by atoms with Crippen LogP contribution in [0.25, 0.3) is 17.2 Å². The molecular weight excluding hydrogens is 313 g/mol. The Balaban J connectivity index is 1.94. The highest BCUT2D eigenvalue weighted by Gasteiger charge is 2.19. The van der Waals surface area contributed by atoms with Gasteiger partial charge in [-0.05, 0) is 45.0 Å². The number of hydrogen-bond acceptors (Lipinski definition) is 5. The third-order valence-corrected chi connectivity index (χ3v) is 3.00. The van der Waals surface area contributed by atoms with Crippen LogP contribution in [0.4, 0.5) is 15.0 Å². The molecule has 124 valence electrons. The van der Waals surface area contributed by atoms with E-state index < -0.39 is 17.5 Å². The molecule has 0 aliphatic carbocycles. The summed E-state index contributed by atoms with van der Waals surface area (Å²) in [5.74, 6) is -0.160. The molecule has 0 unspecified atom stereocenters. The van der Waals surface area contributed by atoms with Crippen molar-refractivity contribution in [3.05, 3.63) is 42.3 Å². The molecule has 3 heterocycles. The van der Waals surface area contributed by atoms with Gasteiger partial charge in [0.2, 0.25) is 0 Å². The summed E-state index contributed by atoms with van der Waals surface area (Å²) in [6.07, 6.45) is 1.04. The Bertz CT molecular complexity index is 901. The lowest BCUT2D eigenvalue weighted by molar-refractivity contribution is 0.0635. The largest absolute Gasteiger partial charge is 0.444 e. The quantitative estimate of drug-likeness (QED) is 0.780. The molecule has 0 aromatic carbocycles. The highest BCUT2D eigenvalue weighted by Crippen LogP contribution is 2.22. The molecular formula is C16H16FN5O2. The molecule has 0 atom stereocenters. The van der Waals surface area contributed by atoms with Crippen LogP contribution in [-0.4, -0.2) is 31.3 Å². The van der Waals surface area contributed by atoms with Crippen LogP contribution in [-0.2, 0) is 4.74 Å². The molecule has 3 aromatic rings. The molecule has 0 fully saturated rings. The van der Waals surface area contributed by atoms with Gasteiger partial charge in [-0.1, -0.05) is 6.07 Å². The molecule has 8 heteroatoms. The predicted molar refractivity (Wildman–Crippen MR) is 86.0 cm³/mol. The third-order valence-electron chi connectivity index (χ3n) is 3.00. The number of carbonyl (C=O) groups is 1. The number of amides is 1. The topological polar surface area (TPSA) is 81.4 Å². The van der Waals surface area contributed by atoms with Crippen LogP contribution >= 0.6 is 0 Å². The van der Waals surface area contributed by atoms with E-state index in [1.165, 1.54) is 12.1 Å². The Morgan fingerprint density at radius 1 is 1.21 bits per heavy atom. The predicted octanol–water partition coefficient (Wildman–Crippen LogP) is 3.28. The van der Waals surface area contributed by atoms with E-state index in [0.29, 0.717) is 5.65 Å². The molecule has 0 saturated heterocycles. The molecule has 7 nitrogen and oxygen atoms in total. The van der Waals surface area contributed by atoms with Gasteiger partial charge in [0.15, 0.2) is 17.3 Å². The van der Waals surface area contributed by atoms with Crippen LogP contribution < -0.4 is 5.32 Å². The summed E-state index contributed by atoms with van der Waals surface area (Å²) >= 11 is 0. The summed E-state index contributed by atoms with van der Waals surface area (Å²) in [4.78, 5) is 15.9. The van der Waals surface area contributed by atoms with Crippen molar-refractivity contribution in [3.63, 3.8) is 0 Å². The summed E-state index contributed by atoms with van der Waals surface area (Å²) in [6.45, 7) is 5.25. The lowest BCUT2D eigenvalue weighted by Crippen LogP contribution is -2.27. The second-order valence-corrected chi connectivity index (χ2v) is 6.11. The van der Waals surface area contributed by atoms with Gasteiger partial charge in [-0.2, -0.15) is 0 Å². The molecule has 0 bridgehead atoms. The molecule has 1 N–H and O–H groups in total. The fourth-order valence-corrected chi connectivity index (χ4v) is 2.08. The average Bonchev–Trinajstić information content (AvgIpc) is 2.91. The van der Waals surface area contributed by atoms with Crippen molar-refractivity contribution in [1.82, 2.24) is 19.6 Å². The van der Waals surface area contributed by atoms with Crippen molar-refractivity contribution in [2.24, 2.45) is 0 Å². The number of hydrogen-bond donors (Lipinski definition) is 1. The SMILES string of the molecule is CC(C)(C)OC(=O)Nc1ccc(F)c(-c2nnc3ccccn23)n1. The molecule has 3 rings (SSSR count). The maximum absolute atomic E-state index is 14.2. The highest BCUT2D eigenvalue weighted by atomic mass is 19.1. The fraction of sp³-hybridized carbons (Fsp3) is 0.250. The van der Waals surface area contributed by atoms with Gasteiger partial charge in [-0.15, -0.1) is 10.2 Å². The Morgan fingerprint density at radius 3 is 2.75 bits per heavy atom. The maximum atomic E-state index is 14.2. The van der Waals surface area contributed by atoms with Crippen molar-refractivity contribution >= 4 is 17.6 Å². The van der Waals surface area contributed by atoms with Gasteiger partial charge in [0.25, 0.3) is 0 Å². The van der Waals surface area contributed by atoms with Crippen molar-refractivity contribution in [2.45, 2.75) is 26.4 Å². The monoisotopic (exact) mass is 329 g/mol. The zero-order valence-corrected chi connectivity index (χ0v) is 13.4. The normalized spacial score (nSPS) is 11.5. The molecule has 24 heavy (non-hydrogen) atoms. The van der Waals surface area contributed by atoms with Crippen LogP contribution in [0, 0.1) is 5.82 Å². The molecule has 0 spiro atoms. The first-order valence-electron chi connectivity index (χ1n) is 7.30. The Morgan fingerprint density at radius 2 is 2.00 bits per heavy atom. The minimum atomic E-state index is -0.668. The van der Waals surface area contributed by atoms with Crippen molar-refractivity contribution in [3.8, 4) is 11.5 Å². The molecule has 0 radical (unpaired) electrons. The summed E-state index contributed by atoms with van der Waals surface area (Å²) in [7, 11) is 0. The number of pyridine rings is 2. The van der Waals surface area contributed by atoms with E-state index in [2.05, 4.69) is 20.5 Å². The van der Waals surface area contributed by atoms with Crippen LogP contribution in [0.2, 0.25) is 0 Å². The van der Waals surface area contributed by atoms with E-state index >= 15 is 0 Å². The second-order valence-electron chi connectivity index (χ2n) is 6.11. The maximum Gasteiger partial charge on any atom is 0.413 e. The lowest BCUT2D eigenvalue weighted by Gasteiger charge is -2.19. The van der Waals surface area contributed by atoms with Gasteiger partial charge >= 0.3 is 6.09 Å². The first-order valence-corrected chi connectivity index (χ1v) is 7.30. The van der Waals surface area contributed by atoms with E-state index in [1.807, 2.05) is 0 Å². The van der Waals surface area contributed by atoms with E-state index in [9.17, 15) is 9.18 Å². The zero-order chi connectivity index (χ0) is 17.3. The Hall–Kier alpha value is -3.03. The van der Waals surface area contributed by atoms with Gasteiger partial charge in [0.1, 0.15) is 17.1 Å². The molecule has 1 amide bonds. The third kappa shape index (κ3) is 3.32. The number of anilines is 1. The van der Waals surface area contributed by atoms with E-state index in [0.717, 1.165) is 0 Å². The Labute approximate surface area is 137 Å². The molecule has 0 aliphatic heterocycles. The second kappa shape index (κ2) is 5.88. The van der Waals surface area contributed by atoms with Gasteiger partial charge in [-0.3, -0.25) is 9.72 Å². The van der Waals surface area contributed by atoms with Crippen molar-refractivity contribution in [1.29, 1.82) is 0 Å². The zero-order valence-electron chi connectivity index (χ0n) is 13.4. The Kier molecular flexibility index (Phi) is 3.88. The van der Waals surface area contributed by atoms with Crippen molar-refractivity contribution < 1.29 is 13.9 Å². The number of ether oxygens (including phenoxy) is 1. The molecule has 0 aliphatic rings.